The van der Waals surface area contributed by atoms with Gasteiger partial charge in [0.2, 0.25) is 0 Å². The number of benzene rings is 2. The lowest BCUT2D eigenvalue weighted by atomic mass is 10.2. The number of nitrogens with zero attached hydrogens (tertiary/aromatic N) is 3. The van der Waals surface area contributed by atoms with Gasteiger partial charge < -0.3 is 4.74 Å². The summed E-state index contributed by atoms with van der Waals surface area (Å²) in [6.07, 6.45) is -0.158. The highest BCUT2D eigenvalue weighted by Gasteiger charge is 2.18. The van der Waals surface area contributed by atoms with E-state index in [-0.39, 0.29) is 17.8 Å². The van der Waals surface area contributed by atoms with Crippen molar-refractivity contribution in [1.82, 2.24) is 14.8 Å². The zero-order valence-corrected chi connectivity index (χ0v) is 17.1. The van der Waals surface area contributed by atoms with Crippen molar-refractivity contribution < 1.29 is 9.53 Å². The van der Waals surface area contributed by atoms with Crippen LogP contribution >= 0.6 is 35.0 Å². The second-order valence-corrected chi connectivity index (χ2v) is 7.77. The maximum atomic E-state index is 11.9. The van der Waals surface area contributed by atoms with E-state index in [1.54, 1.807) is 18.2 Å². The van der Waals surface area contributed by atoms with Crippen LogP contribution in [0.1, 0.15) is 13.8 Å². The molecule has 2 aromatic carbocycles. The average molecular weight is 422 g/mol. The summed E-state index contributed by atoms with van der Waals surface area (Å²) >= 11 is 13.4. The van der Waals surface area contributed by atoms with Crippen molar-refractivity contribution in [2.45, 2.75) is 25.1 Å². The molecule has 0 aliphatic heterocycles. The van der Waals surface area contributed by atoms with Crippen LogP contribution in [0.4, 0.5) is 0 Å². The van der Waals surface area contributed by atoms with Crippen LogP contribution in [0, 0.1) is 0 Å². The van der Waals surface area contributed by atoms with Crippen LogP contribution in [-0.4, -0.2) is 32.6 Å². The summed E-state index contributed by atoms with van der Waals surface area (Å²) in [5.74, 6) is 0.462. The van der Waals surface area contributed by atoms with E-state index >= 15 is 0 Å². The van der Waals surface area contributed by atoms with Crippen LogP contribution in [0.15, 0.2) is 53.7 Å². The highest BCUT2D eigenvalue weighted by molar-refractivity contribution is 7.99. The molecule has 0 saturated carbocycles. The first kappa shape index (κ1) is 19.7. The Morgan fingerprint density at radius 2 is 1.85 bits per heavy atom. The fraction of sp³-hybridized carbons (Fsp3) is 0.211. The lowest BCUT2D eigenvalue weighted by Crippen LogP contribution is -2.13. The van der Waals surface area contributed by atoms with Gasteiger partial charge >= 0.3 is 5.97 Å². The Morgan fingerprint density at radius 3 is 2.52 bits per heavy atom. The minimum atomic E-state index is -0.301. The van der Waals surface area contributed by atoms with Gasteiger partial charge in [-0.25, -0.2) is 0 Å². The van der Waals surface area contributed by atoms with E-state index in [2.05, 4.69) is 10.2 Å². The first-order chi connectivity index (χ1) is 12.9. The second kappa shape index (κ2) is 8.78. The van der Waals surface area contributed by atoms with E-state index < -0.39 is 0 Å². The van der Waals surface area contributed by atoms with Crippen molar-refractivity contribution in [2.24, 2.45) is 0 Å². The molecule has 0 N–H and O–H groups in total. The van der Waals surface area contributed by atoms with Gasteiger partial charge in [0, 0.05) is 21.3 Å². The minimum Gasteiger partial charge on any atom is -0.462 e. The van der Waals surface area contributed by atoms with Crippen LogP contribution in [0.2, 0.25) is 10.0 Å². The highest BCUT2D eigenvalue weighted by Crippen LogP contribution is 2.29. The predicted molar refractivity (Wildman–Crippen MR) is 109 cm³/mol. The molecule has 8 heteroatoms. The molecule has 0 bridgehead atoms. The smallest absolute Gasteiger partial charge is 0.316 e. The highest BCUT2D eigenvalue weighted by atomic mass is 35.5. The molecule has 0 radical (unpaired) electrons. The van der Waals surface area contributed by atoms with Crippen molar-refractivity contribution in [3.63, 3.8) is 0 Å². The Labute approximate surface area is 171 Å². The number of aromatic nitrogens is 3. The molecule has 0 atom stereocenters. The van der Waals surface area contributed by atoms with Crippen LogP contribution < -0.4 is 0 Å². The molecule has 5 nitrogen and oxygen atoms in total. The summed E-state index contributed by atoms with van der Waals surface area (Å²) in [5, 5.41) is 10.4. The molecule has 3 aromatic rings. The quantitative estimate of drug-likeness (QED) is 0.399. The van der Waals surface area contributed by atoms with E-state index in [1.807, 2.05) is 48.7 Å². The largest absolute Gasteiger partial charge is 0.462 e. The summed E-state index contributed by atoms with van der Waals surface area (Å²) in [6, 6.07) is 14.7. The van der Waals surface area contributed by atoms with Crippen LogP contribution in [0.5, 0.6) is 0 Å². The molecule has 0 aliphatic carbocycles. The lowest BCUT2D eigenvalue weighted by Gasteiger charge is -2.11. The molecule has 0 aliphatic rings. The number of hydrogen-bond acceptors (Lipinski definition) is 5. The number of carbonyl (C=O) groups is 1. The van der Waals surface area contributed by atoms with Gasteiger partial charge in [-0.05, 0) is 50.2 Å². The number of rotatable bonds is 6. The van der Waals surface area contributed by atoms with Gasteiger partial charge in [-0.3, -0.25) is 9.36 Å². The molecular formula is C19H17Cl2N3O2S. The number of carbonyl (C=O) groups excluding carboxylic acids is 1. The molecular weight excluding hydrogens is 405 g/mol. The van der Waals surface area contributed by atoms with E-state index in [4.69, 9.17) is 27.9 Å². The Balaban J connectivity index is 1.98. The molecule has 1 heterocycles. The monoisotopic (exact) mass is 421 g/mol. The van der Waals surface area contributed by atoms with Gasteiger partial charge in [-0.1, -0.05) is 47.1 Å². The maximum Gasteiger partial charge on any atom is 0.316 e. The number of esters is 1. The van der Waals surface area contributed by atoms with Crippen molar-refractivity contribution >= 4 is 40.9 Å². The third-order valence-electron chi connectivity index (χ3n) is 3.49. The Bertz CT molecular complexity index is 942. The third kappa shape index (κ3) is 5.03. The number of halogens is 2. The zero-order chi connectivity index (χ0) is 19.4. The summed E-state index contributed by atoms with van der Waals surface area (Å²) in [4.78, 5) is 11.9. The zero-order valence-electron chi connectivity index (χ0n) is 14.7. The minimum absolute atomic E-state index is 0.138. The van der Waals surface area contributed by atoms with E-state index in [9.17, 15) is 4.79 Å². The number of thioether (sulfide) groups is 1. The summed E-state index contributed by atoms with van der Waals surface area (Å²) in [5.41, 5.74) is 1.65. The Kier molecular flexibility index (Phi) is 6.42. The van der Waals surface area contributed by atoms with Gasteiger partial charge in [0.25, 0.3) is 0 Å². The molecule has 0 fully saturated rings. The van der Waals surface area contributed by atoms with Crippen LogP contribution in [-0.2, 0) is 9.53 Å². The molecule has 27 heavy (non-hydrogen) atoms. The average Bonchev–Trinajstić information content (AvgIpc) is 3.04. The van der Waals surface area contributed by atoms with E-state index in [1.165, 1.54) is 11.8 Å². The summed E-state index contributed by atoms with van der Waals surface area (Å²) < 4.78 is 7.06. The Hall–Kier alpha value is -2.02. The molecule has 1 aromatic heterocycles. The van der Waals surface area contributed by atoms with Gasteiger partial charge in [-0.2, -0.15) is 0 Å². The van der Waals surface area contributed by atoms with Crippen LogP contribution in [0.25, 0.3) is 17.1 Å². The number of ether oxygens (including phenoxy) is 1. The van der Waals surface area contributed by atoms with Gasteiger partial charge in [0.15, 0.2) is 11.0 Å². The SMILES string of the molecule is CC(C)OC(=O)CSc1nnc(-c2cccc(Cl)c2)n1-c1ccc(Cl)cc1. The fourth-order valence-electron chi connectivity index (χ4n) is 2.42. The van der Waals surface area contributed by atoms with Crippen molar-refractivity contribution in [2.75, 3.05) is 5.75 Å². The molecule has 0 unspecified atom stereocenters. The van der Waals surface area contributed by atoms with E-state index in [0.29, 0.717) is 21.0 Å². The van der Waals surface area contributed by atoms with Crippen molar-refractivity contribution in [3.8, 4) is 17.1 Å². The fourth-order valence-corrected chi connectivity index (χ4v) is 3.47. The lowest BCUT2D eigenvalue weighted by molar-refractivity contribution is -0.144. The second-order valence-electron chi connectivity index (χ2n) is 5.96. The molecule has 0 amide bonds. The van der Waals surface area contributed by atoms with Gasteiger partial charge in [-0.15, -0.1) is 10.2 Å². The number of hydrogen-bond donors (Lipinski definition) is 0. The maximum absolute atomic E-state index is 11.9. The Morgan fingerprint density at radius 1 is 1.11 bits per heavy atom. The van der Waals surface area contributed by atoms with Gasteiger partial charge in [0.1, 0.15) is 0 Å². The standard InChI is InChI=1S/C19H17Cl2N3O2S/c1-12(2)26-17(25)11-27-19-23-22-18(13-4-3-5-15(21)10-13)24(19)16-8-6-14(20)7-9-16/h3-10,12H,11H2,1-2H3. The van der Waals surface area contributed by atoms with Crippen molar-refractivity contribution in [3.05, 3.63) is 58.6 Å². The summed E-state index contributed by atoms with van der Waals surface area (Å²) in [7, 11) is 0. The topological polar surface area (TPSA) is 57.0 Å². The summed E-state index contributed by atoms with van der Waals surface area (Å²) in [6.45, 7) is 3.63. The molecule has 140 valence electrons. The first-order valence-corrected chi connectivity index (χ1v) is 9.98. The molecule has 3 rings (SSSR count). The molecule has 0 spiro atoms. The third-order valence-corrected chi connectivity index (χ3v) is 4.88. The normalized spacial score (nSPS) is 11.0. The predicted octanol–water partition coefficient (Wildman–Crippen LogP) is 5.28. The van der Waals surface area contributed by atoms with Crippen LogP contribution in [0.3, 0.4) is 0 Å². The van der Waals surface area contributed by atoms with E-state index in [0.717, 1.165) is 11.3 Å². The molecule has 0 saturated heterocycles. The van der Waals surface area contributed by atoms with Gasteiger partial charge in [0.05, 0.1) is 11.9 Å². The first-order valence-electron chi connectivity index (χ1n) is 8.23. The van der Waals surface area contributed by atoms with Crippen molar-refractivity contribution in [1.29, 1.82) is 0 Å².